The summed E-state index contributed by atoms with van der Waals surface area (Å²) in [7, 11) is -0.561. The van der Waals surface area contributed by atoms with E-state index in [0.29, 0.717) is 0 Å². The zero-order valence-electron chi connectivity index (χ0n) is 14.4. The van der Waals surface area contributed by atoms with Gasteiger partial charge in [-0.05, 0) is 48.3 Å². The van der Waals surface area contributed by atoms with Gasteiger partial charge in [0, 0.05) is 0 Å². The Morgan fingerprint density at radius 1 is 0.680 bits per heavy atom. The van der Waals surface area contributed by atoms with Crippen LogP contribution >= 0.6 is 7.92 Å². The van der Waals surface area contributed by atoms with E-state index in [1.165, 1.54) is 32.6 Å². The van der Waals surface area contributed by atoms with Gasteiger partial charge in [-0.1, -0.05) is 103 Å². The van der Waals surface area contributed by atoms with E-state index in [0.717, 1.165) is 6.42 Å². The Morgan fingerprint density at radius 2 is 1.24 bits per heavy atom. The van der Waals surface area contributed by atoms with Crippen molar-refractivity contribution in [1.29, 1.82) is 0 Å². The third-order valence-electron chi connectivity index (χ3n) is 4.57. The van der Waals surface area contributed by atoms with Gasteiger partial charge in [0.25, 0.3) is 0 Å². The molecule has 0 fully saturated rings. The molecule has 1 aliphatic carbocycles. The zero-order valence-corrected chi connectivity index (χ0v) is 15.3. The first kappa shape index (κ1) is 16.1. The van der Waals surface area contributed by atoms with Crippen molar-refractivity contribution in [1.82, 2.24) is 0 Å². The number of allylic oxidation sites excluding steroid dienone is 4. The highest BCUT2D eigenvalue weighted by atomic mass is 31.1. The average molecular weight is 340 g/mol. The standard InChI is InChI=1S/C24H21P/c1-19-16-17-20(18-19)23-14-8-9-15-24(23)25(21-10-4-2-5-11-21)22-12-6-3-7-13-22/h2-16,18H,17H2,1H3. The molecule has 0 aliphatic heterocycles. The molecule has 0 heterocycles. The van der Waals surface area contributed by atoms with Crippen molar-refractivity contribution in [2.24, 2.45) is 0 Å². The topological polar surface area (TPSA) is 0 Å². The lowest BCUT2D eigenvalue weighted by Gasteiger charge is -2.22. The van der Waals surface area contributed by atoms with Crippen molar-refractivity contribution in [3.8, 4) is 0 Å². The molecule has 0 aromatic heterocycles. The molecule has 25 heavy (non-hydrogen) atoms. The highest BCUT2D eigenvalue weighted by Crippen LogP contribution is 2.37. The van der Waals surface area contributed by atoms with Crippen molar-refractivity contribution in [2.75, 3.05) is 0 Å². The highest BCUT2D eigenvalue weighted by molar-refractivity contribution is 7.80. The van der Waals surface area contributed by atoms with Gasteiger partial charge in [0.05, 0.1) is 0 Å². The Kier molecular flexibility index (Phi) is 4.63. The normalized spacial score (nSPS) is 13.7. The molecule has 0 bridgehead atoms. The SMILES string of the molecule is CC1=CCC(c2ccccc2P(c2ccccc2)c2ccccc2)=C1. The molecule has 0 N–H and O–H groups in total. The molecule has 1 heteroatoms. The van der Waals surface area contributed by atoms with Gasteiger partial charge in [-0.3, -0.25) is 0 Å². The summed E-state index contributed by atoms with van der Waals surface area (Å²) in [5, 5.41) is 4.25. The Morgan fingerprint density at radius 3 is 1.80 bits per heavy atom. The predicted octanol–water partition coefficient (Wildman–Crippen LogP) is 5.18. The summed E-state index contributed by atoms with van der Waals surface area (Å²) in [6.45, 7) is 2.19. The summed E-state index contributed by atoms with van der Waals surface area (Å²) in [6, 6.07) is 30.8. The Bertz CT molecular complexity index is 881. The quantitative estimate of drug-likeness (QED) is 0.574. The minimum atomic E-state index is -0.561. The Labute approximate surface area is 151 Å². The van der Waals surface area contributed by atoms with Crippen LogP contribution in [0.3, 0.4) is 0 Å². The number of hydrogen-bond donors (Lipinski definition) is 0. The van der Waals surface area contributed by atoms with E-state index in [1.807, 2.05) is 0 Å². The molecular formula is C24H21P. The molecule has 0 unspecified atom stereocenters. The number of benzene rings is 3. The zero-order chi connectivity index (χ0) is 17.1. The molecule has 0 spiro atoms. The molecule has 3 aromatic rings. The minimum absolute atomic E-state index is 0.561. The summed E-state index contributed by atoms with van der Waals surface area (Å²) in [4.78, 5) is 0. The first-order chi connectivity index (χ1) is 12.3. The second-order valence-electron chi connectivity index (χ2n) is 6.35. The summed E-state index contributed by atoms with van der Waals surface area (Å²) >= 11 is 0. The van der Waals surface area contributed by atoms with E-state index in [1.54, 1.807) is 0 Å². The first-order valence-corrected chi connectivity index (χ1v) is 10.0. The summed E-state index contributed by atoms with van der Waals surface area (Å²) in [5.41, 5.74) is 4.20. The van der Waals surface area contributed by atoms with Gasteiger partial charge in [0.15, 0.2) is 0 Å². The van der Waals surface area contributed by atoms with E-state index in [-0.39, 0.29) is 0 Å². The van der Waals surface area contributed by atoms with Crippen molar-refractivity contribution >= 4 is 29.4 Å². The number of rotatable bonds is 4. The van der Waals surface area contributed by atoms with Gasteiger partial charge < -0.3 is 0 Å². The van der Waals surface area contributed by atoms with Crippen LogP contribution in [0.15, 0.2) is 103 Å². The smallest absolute Gasteiger partial charge is 0.00758 e. The van der Waals surface area contributed by atoms with Gasteiger partial charge in [-0.2, -0.15) is 0 Å². The van der Waals surface area contributed by atoms with Gasteiger partial charge >= 0.3 is 0 Å². The van der Waals surface area contributed by atoms with Crippen LogP contribution in [0.1, 0.15) is 18.9 Å². The molecule has 122 valence electrons. The van der Waals surface area contributed by atoms with Gasteiger partial charge in [0.1, 0.15) is 0 Å². The van der Waals surface area contributed by atoms with Crippen LogP contribution in [-0.4, -0.2) is 0 Å². The van der Waals surface area contributed by atoms with Gasteiger partial charge in [0.2, 0.25) is 0 Å². The molecule has 4 rings (SSSR count). The first-order valence-electron chi connectivity index (χ1n) is 8.70. The monoisotopic (exact) mass is 340 g/mol. The molecule has 0 amide bonds. The lowest BCUT2D eigenvalue weighted by Crippen LogP contribution is -2.22. The summed E-state index contributed by atoms with van der Waals surface area (Å²) < 4.78 is 0. The largest absolute Gasteiger partial charge is 0.0772 e. The van der Waals surface area contributed by atoms with Crippen LogP contribution in [-0.2, 0) is 0 Å². The third-order valence-corrected chi connectivity index (χ3v) is 7.07. The van der Waals surface area contributed by atoms with Crippen LogP contribution in [0.5, 0.6) is 0 Å². The van der Waals surface area contributed by atoms with E-state index < -0.39 is 7.92 Å². The highest BCUT2D eigenvalue weighted by Gasteiger charge is 2.21. The maximum Gasteiger partial charge on any atom is -0.00758 e. The molecule has 0 saturated carbocycles. The molecule has 0 nitrogen and oxygen atoms in total. The second kappa shape index (κ2) is 7.21. The van der Waals surface area contributed by atoms with Gasteiger partial charge in [-0.25, -0.2) is 0 Å². The summed E-state index contributed by atoms with van der Waals surface area (Å²) in [6.07, 6.45) is 5.69. The Hall–Kier alpha value is -2.43. The third kappa shape index (κ3) is 3.36. The van der Waals surface area contributed by atoms with Crippen molar-refractivity contribution in [2.45, 2.75) is 13.3 Å². The maximum absolute atomic E-state index is 2.34. The van der Waals surface area contributed by atoms with Crippen molar-refractivity contribution in [3.63, 3.8) is 0 Å². The molecule has 0 atom stereocenters. The lowest BCUT2D eigenvalue weighted by atomic mass is 10.1. The van der Waals surface area contributed by atoms with Crippen LogP contribution in [0.4, 0.5) is 0 Å². The average Bonchev–Trinajstić information content (AvgIpc) is 3.10. The van der Waals surface area contributed by atoms with E-state index >= 15 is 0 Å². The van der Waals surface area contributed by atoms with Crippen LogP contribution in [0, 0.1) is 0 Å². The molecule has 3 aromatic carbocycles. The molecular weight excluding hydrogens is 319 g/mol. The minimum Gasteiger partial charge on any atom is -0.0772 e. The van der Waals surface area contributed by atoms with Crippen LogP contribution in [0.2, 0.25) is 0 Å². The fourth-order valence-electron chi connectivity index (χ4n) is 3.37. The fourth-order valence-corrected chi connectivity index (χ4v) is 5.86. The molecule has 0 radical (unpaired) electrons. The van der Waals surface area contributed by atoms with E-state index in [4.69, 9.17) is 0 Å². The van der Waals surface area contributed by atoms with E-state index in [9.17, 15) is 0 Å². The van der Waals surface area contributed by atoms with Crippen molar-refractivity contribution < 1.29 is 0 Å². The number of hydrogen-bond acceptors (Lipinski definition) is 0. The van der Waals surface area contributed by atoms with E-state index in [2.05, 4.69) is 104 Å². The maximum atomic E-state index is 2.34. The van der Waals surface area contributed by atoms with Crippen LogP contribution < -0.4 is 15.9 Å². The summed E-state index contributed by atoms with van der Waals surface area (Å²) in [5.74, 6) is 0. The van der Waals surface area contributed by atoms with Crippen molar-refractivity contribution in [3.05, 3.63) is 108 Å². The predicted molar refractivity (Wildman–Crippen MR) is 111 cm³/mol. The fraction of sp³-hybridized carbons (Fsp3) is 0.0833. The molecule has 0 saturated heterocycles. The van der Waals surface area contributed by atoms with Gasteiger partial charge in [-0.15, -0.1) is 0 Å². The Balaban J connectivity index is 1.88. The lowest BCUT2D eigenvalue weighted by molar-refractivity contribution is 1.42. The van der Waals surface area contributed by atoms with Crippen LogP contribution in [0.25, 0.3) is 5.57 Å². The second-order valence-corrected chi connectivity index (χ2v) is 8.53. The molecule has 1 aliphatic rings.